The SMILES string of the molecule is O=C(CCc1ccc2c(c1)OCCCO2)NCc1cnn(-c2ccc(Cl)cc2)c1. The van der Waals surface area contributed by atoms with Crippen LogP contribution in [0, 0.1) is 0 Å². The minimum atomic E-state index is -0.00338. The highest BCUT2D eigenvalue weighted by molar-refractivity contribution is 6.30. The predicted molar refractivity (Wildman–Crippen MR) is 111 cm³/mol. The molecule has 1 amide bonds. The van der Waals surface area contributed by atoms with E-state index in [1.165, 1.54) is 0 Å². The molecule has 0 unspecified atom stereocenters. The number of rotatable bonds is 6. The van der Waals surface area contributed by atoms with Crippen LogP contribution in [0.25, 0.3) is 5.69 Å². The van der Waals surface area contributed by atoms with Crippen molar-refractivity contribution in [2.24, 2.45) is 0 Å². The van der Waals surface area contributed by atoms with Crippen molar-refractivity contribution in [3.63, 3.8) is 0 Å². The Morgan fingerprint density at radius 1 is 1.07 bits per heavy atom. The van der Waals surface area contributed by atoms with Crippen molar-refractivity contribution < 1.29 is 14.3 Å². The molecule has 150 valence electrons. The number of hydrogen-bond acceptors (Lipinski definition) is 4. The Bertz CT molecular complexity index is 985. The van der Waals surface area contributed by atoms with Crippen LogP contribution in [0.5, 0.6) is 11.5 Å². The van der Waals surface area contributed by atoms with Gasteiger partial charge in [-0.15, -0.1) is 0 Å². The summed E-state index contributed by atoms with van der Waals surface area (Å²) in [4.78, 5) is 12.2. The van der Waals surface area contributed by atoms with Gasteiger partial charge in [0, 0.05) is 36.2 Å². The molecule has 0 spiro atoms. The average Bonchev–Trinajstić information content (AvgIpc) is 3.08. The van der Waals surface area contributed by atoms with Gasteiger partial charge in [-0.2, -0.15) is 5.10 Å². The highest BCUT2D eigenvalue weighted by Gasteiger charge is 2.11. The summed E-state index contributed by atoms with van der Waals surface area (Å²) in [7, 11) is 0. The number of hydrogen-bond donors (Lipinski definition) is 1. The fraction of sp³-hybridized carbons (Fsp3) is 0.273. The van der Waals surface area contributed by atoms with Crippen molar-refractivity contribution >= 4 is 17.5 Å². The second kappa shape index (κ2) is 9.01. The van der Waals surface area contributed by atoms with Gasteiger partial charge in [-0.3, -0.25) is 4.79 Å². The summed E-state index contributed by atoms with van der Waals surface area (Å²) in [5, 5.41) is 7.96. The number of aromatic nitrogens is 2. The summed E-state index contributed by atoms with van der Waals surface area (Å²) in [6.07, 6.45) is 5.57. The zero-order chi connectivity index (χ0) is 20.1. The van der Waals surface area contributed by atoms with Crippen molar-refractivity contribution in [2.45, 2.75) is 25.8 Å². The first-order chi connectivity index (χ1) is 14.2. The van der Waals surface area contributed by atoms with Crippen LogP contribution in [-0.4, -0.2) is 28.9 Å². The first-order valence-corrected chi connectivity index (χ1v) is 10.00. The highest BCUT2D eigenvalue weighted by Crippen LogP contribution is 2.30. The molecular weight excluding hydrogens is 390 g/mol. The molecule has 0 atom stereocenters. The molecule has 6 nitrogen and oxygen atoms in total. The molecule has 2 aromatic carbocycles. The van der Waals surface area contributed by atoms with Gasteiger partial charge in [0.25, 0.3) is 0 Å². The molecule has 4 rings (SSSR count). The van der Waals surface area contributed by atoms with Crippen molar-refractivity contribution in [1.82, 2.24) is 15.1 Å². The van der Waals surface area contributed by atoms with E-state index in [2.05, 4.69) is 10.4 Å². The molecule has 3 aromatic rings. The summed E-state index contributed by atoms with van der Waals surface area (Å²) in [5.41, 5.74) is 2.91. The zero-order valence-corrected chi connectivity index (χ0v) is 16.7. The van der Waals surface area contributed by atoms with E-state index in [4.69, 9.17) is 21.1 Å². The van der Waals surface area contributed by atoms with E-state index in [0.29, 0.717) is 37.6 Å². The van der Waals surface area contributed by atoms with Crippen LogP contribution >= 0.6 is 11.6 Å². The van der Waals surface area contributed by atoms with E-state index >= 15 is 0 Å². The van der Waals surface area contributed by atoms with Crippen LogP contribution in [-0.2, 0) is 17.8 Å². The van der Waals surface area contributed by atoms with Gasteiger partial charge in [-0.05, 0) is 48.4 Å². The van der Waals surface area contributed by atoms with Gasteiger partial charge in [0.2, 0.25) is 5.91 Å². The Morgan fingerprint density at radius 2 is 1.86 bits per heavy atom. The van der Waals surface area contributed by atoms with E-state index in [9.17, 15) is 4.79 Å². The Kier molecular flexibility index (Phi) is 6.00. The number of ether oxygens (including phenoxy) is 2. The summed E-state index contributed by atoms with van der Waals surface area (Å²) < 4.78 is 13.1. The van der Waals surface area contributed by atoms with E-state index in [0.717, 1.165) is 34.7 Å². The maximum Gasteiger partial charge on any atom is 0.220 e. The molecule has 1 aromatic heterocycles. The zero-order valence-electron chi connectivity index (χ0n) is 15.9. The van der Waals surface area contributed by atoms with Gasteiger partial charge in [-0.1, -0.05) is 17.7 Å². The third-order valence-corrected chi connectivity index (χ3v) is 4.92. The van der Waals surface area contributed by atoms with Crippen LogP contribution in [0.3, 0.4) is 0 Å². The quantitative estimate of drug-likeness (QED) is 0.667. The van der Waals surface area contributed by atoms with Gasteiger partial charge < -0.3 is 14.8 Å². The summed E-state index contributed by atoms with van der Waals surface area (Å²) in [6, 6.07) is 13.3. The van der Waals surface area contributed by atoms with Crippen LogP contribution < -0.4 is 14.8 Å². The normalized spacial score (nSPS) is 13.0. The molecule has 0 aliphatic carbocycles. The van der Waals surface area contributed by atoms with Crippen molar-refractivity contribution in [1.29, 1.82) is 0 Å². The topological polar surface area (TPSA) is 65.4 Å². The monoisotopic (exact) mass is 411 g/mol. The van der Waals surface area contributed by atoms with Crippen molar-refractivity contribution in [3.05, 3.63) is 71.0 Å². The van der Waals surface area contributed by atoms with Gasteiger partial charge in [-0.25, -0.2) is 4.68 Å². The number of fused-ring (bicyclic) bond motifs is 1. The van der Waals surface area contributed by atoms with Crippen LogP contribution in [0.15, 0.2) is 54.9 Å². The number of nitrogens with zero attached hydrogens (tertiary/aromatic N) is 2. The lowest BCUT2D eigenvalue weighted by atomic mass is 10.1. The van der Waals surface area contributed by atoms with Gasteiger partial charge >= 0.3 is 0 Å². The molecule has 0 radical (unpaired) electrons. The van der Waals surface area contributed by atoms with Gasteiger partial charge in [0.1, 0.15) is 0 Å². The number of nitrogens with one attached hydrogen (secondary N) is 1. The molecule has 0 bridgehead atoms. The predicted octanol–water partition coefficient (Wildman–Crippen LogP) is 3.94. The van der Waals surface area contributed by atoms with E-state index < -0.39 is 0 Å². The smallest absolute Gasteiger partial charge is 0.220 e. The average molecular weight is 412 g/mol. The number of halogens is 1. The number of aryl methyl sites for hydroxylation is 1. The van der Waals surface area contributed by atoms with Crippen molar-refractivity contribution in [3.8, 4) is 17.2 Å². The minimum absolute atomic E-state index is 0.00338. The lowest BCUT2D eigenvalue weighted by Gasteiger charge is -2.09. The fourth-order valence-corrected chi connectivity index (χ4v) is 3.22. The van der Waals surface area contributed by atoms with E-state index in [-0.39, 0.29) is 5.91 Å². The largest absolute Gasteiger partial charge is 0.490 e. The molecular formula is C22H22ClN3O3. The Labute approximate surface area is 174 Å². The van der Waals surface area contributed by atoms with E-state index in [1.54, 1.807) is 10.9 Å². The third-order valence-electron chi connectivity index (χ3n) is 4.67. The van der Waals surface area contributed by atoms with Crippen LogP contribution in [0.2, 0.25) is 5.02 Å². The first-order valence-electron chi connectivity index (χ1n) is 9.62. The molecule has 0 fully saturated rings. The Balaban J connectivity index is 1.27. The minimum Gasteiger partial charge on any atom is -0.490 e. The maximum absolute atomic E-state index is 12.2. The lowest BCUT2D eigenvalue weighted by Crippen LogP contribution is -2.22. The first kappa shape index (κ1) is 19.3. The number of benzene rings is 2. The Morgan fingerprint density at radius 3 is 2.69 bits per heavy atom. The number of carbonyl (C=O) groups excluding carboxylic acids is 1. The molecule has 2 heterocycles. The molecule has 0 saturated carbocycles. The molecule has 29 heavy (non-hydrogen) atoms. The van der Waals surface area contributed by atoms with Gasteiger partial charge in [0.05, 0.1) is 25.1 Å². The molecule has 1 N–H and O–H groups in total. The van der Waals surface area contributed by atoms with Crippen molar-refractivity contribution in [2.75, 3.05) is 13.2 Å². The van der Waals surface area contributed by atoms with E-state index in [1.807, 2.05) is 48.7 Å². The molecule has 7 heteroatoms. The van der Waals surface area contributed by atoms with Crippen LogP contribution in [0.4, 0.5) is 0 Å². The van der Waals surface area contributed by atoms with Gasteiger partial charge in [0.15, 0.2) is 11.5 Å². The fourth-order valence-electron chi connectivity index (χ4n) is 3.10. The summed E-state index contributed by atoms with van der Waals surface area (Å²) in [5.74, 6) is 1.53. The highest BCUT2D eigenvalue weighted by atomic mass is 35.5. The summed E-state index contributed by atoms with van der Waals surface area (Å²) >= 11 is 5.91. The second-order valence-corrected chi connectivity index (χ2v) is 7.31. The number of carbonyl (C=O) groups is 1. The molecule has 0 saturated heterocycles. The third kappa shape index (κ3) is 5.09. The number of amides is 1. The Hall–Kier alpha value is -2.99. The maximum atomic E-state index is 12.2. The standard InChI is InChI=1S/C22H22ClN3O3/c23-18-4-6-19(7-5-18)26-15-17(14-25-26)13-24-22(27)9-3-16-2-8-20-21(12-16)29-11-1-10-28-20/h2,4-8,12,14-15H,1,3,9-11,13H2,(H,24,27). The summed E-state index contributed by atoms with van der Waals surface area (Å²) in [6.45, 7) is 1.76. The second-order valence-electron chi connectivity index (χ2n) is 6.88. The molecule has 1 aliphatic rings. The van der Waals surface area contributed by atoms with Crippen LogP contribution in [0.1, 0.15) is 24.0 Å². The lowest BCUT2D eigenvalue weighted by molar-refractivity contribution is -0.121. The molecule has 1 aliphatic heterocycles.